The third kappa shape index (κ3) is 3.86. The lowest BCUT2D eigenvalue weighted by Gasteiger charge is -2.15. The molecule has 1 aromatic carbocycles. The third-order valence-corrected chi connectivity index (χ3v) is 3.55. The van der Waals surface area contributed by atoms with Gasteiger partial charge in [-0.25, -0.2) is 0 Å². The minimum absolute atomic E-state index is 0.0542. The van der Waals surface area contributed by atoms with Gasteiger partial charge in [-0.1, -0.05) is 0 Å². The number of rotatable bonds is 6. The molecule has 116 valence electrons. The van der Waals surface area contributed by atoms with Gasteiger partial charge in [0.2, 0.25) is 0 Å². The number of carbonyl (C=O) groups is 1. The Morgan fingerprint density at radius 1 is 1.43 bits per heavy atom. The number of methoxy groups -OCH3 is 1. The number of benzene rings is 1. The van der Waals surface area contributed by atoms with Crippen molar-refractivity contribution in [3.63, 3.8) is 0 Å². The Hall–Kier alpha value is -1.79. The van der Waals surface area contributed by atoms with E-state index in [0.717, 1.165) is 0 Å². The van der Waals surface area contributed by atoms with E-state index in [1.165, 1.54) is 0 Å². The van der Waals surface area contributed by atoms with Gasteiger partial charge in [-0.05, 0) is 25.1 Å². The van der Waals surface area contributed by atoms with Crippen LogP contribution in [0.3, 0.4) is 0 Å². The highest BCUT2D eigenvalue weighted by molar-refractivity contribution is 5.94. The van der Waals surface area contributed by atoms with E-state index < -0.39 is 6.10 Å². The van der Waals surface area contributed by atoms with E-state index in [1.807, 2.05) is 6.92 Å². The second-order valence-corrected chi connectivity index (χ2v) is 4.99. The van der Waals surface area contributed by atoms with Crippen LogP contribution in [-0.2, 0) is 0 Å². The summed E-state index contributed by atoms with van der Waals surface area (Å²) in [5, 5.41) is 15.6. The third-order valence-electron chi connectivity index (χ3n) is 3.55. The average Bonchev–Trinajstić information content (AvgIpc) is 2.90. The second kappa shape index (κ2) is 7.28. The normalized spacial score (nSPS) is 21.1. The van der Waals surface area contributed by atoms with Crippen molar-refractivity contribution in [2.75, 3.05) is 33.4 Å². The van der Waals surface area contributed by atoms with E-state index in [0.29, 0.717) is 43.3 Å². The zero-order valence-corrected chi connectivity index (χ0v) is 12.4. The molecule has 2 rings (SSSR count). The van der Waals surface area contributed by atoms with Crippen molar-refractivity contribution in [1.29, 1.82) is 0 Å². The van der Waals surface area contributed by atoms with Crippen LogP contribution >= 0.6 is 0 Å². The summed E-state index contributed by atoms with van der Waals surface area (Å²) >= 11 is 0. The quantitative estimate of drug-likeness (QED) is 0.708. The largest absolute Gasteiger partial charge is 0.493 e. The first-order valence-electron chi connectivity index (χ1n) is 7.13. The standard InChI is InChI=1S/C15H22N2O4/c1-3-21-13-5-4-10(6-14(13)20-2)15(19)17-8-11-7-16-9-12(11)18/h4-6,11-12,16,18H,3,7-9H2,1-2H3,(H,17,19). The average molecular weight is 294 g/mol. The van der Waals surface area contributed by atoms with Gasteiger partial charge in [0, 0.05) is 31.1 Å². The molecule has 1 heterocycles. The molecule has 21 heavy (non-hydrogen) atoms. The SMILES string of the molecule is CCOc1ccc(C(=O)NCC2CNCC2O)cc1OC. The lowest BCUT2D eigenvalue weighted by Crippen LogP contribution is -2.34. The lowest BCUT2D eigenvalue weighted by atomic mass is 10.1. The highest BCUT2D eigenvalue weighted by Crippen LogP contribution is 2.28. The van der Waals surface area contributed by atoms with Gasteiger partial charge in [0.15, 0.2) is 11.5 Å². The second-order valence-electron chi connectivity index (χ2n) is 4.99. The summed E-state index contributed by atoms with van der Waals surface area (Å²) in [7, 11) is 1.54. The van der Waals surface area contributed by atoms with Gasteiger partial charge in [-0.3, -0.25) is 4.79 Å². The van der Waals surface area contributed by atoms with Crippen molar-refractivity contribution in [3.8, 4) is 11.5 Å². The highest BCUT2D eigenvalue weighted by Gasteiger charge is 2.25. The predicted octanol–water partition coefficient (Wildman–Crippen LogP) is 0.404. The van der Waals surface area contributed by atoms with Crippen molar-refractivity contribution < 1.29 is 19.4 Å². The summed E-state index contributed by atoms with van der Waals surface area (Å²) in [6.07, 6.45) is -0.403. The van der Waals surface area contributed by atoms with Crippen molar-refractivity contribution in [2.24, 2.45) is 5.92 Å². The first-order valence-corrected chi connectivity index (χ1v) is 7.13. The predicted molar refractivity (Wildman–Crippen MR) is 78.9 cm³/mol. The summed E-state index contributed by atoms with van der Waals surface area (Å²) in [6, 6.07) is 5.08. The van der Waals surface area contributed by atoms with Gasteiger partial charge in [0.25, 0.3) is 5.91 Å². The maximum absolute atomic E-state index is 12.1. The zero-order chi connectivity index (χ0) is 15.2. The minimum Gasteiger partial charge on any atom is -0.493 e. The van der Waals surface area contributed by atoms with Gasteiger partial charge in [0.1, 0.15) is 0 Å². The zero-order valence-electron chi connectivity index (χ0n) is 12.4. The summed E-state index contributed by atoms with van der Waals surface area (Å²) in [5.74, 6) is 1.02. The van der Waals surface area contributed by atoms with Crippen molar-refractivity contribution >= 4 is 5.91 Å². The van der Waals surface area contributed by atoms with Gasteiger partial charge in [-0.2, -0.15) is 0 Å². The molecule has 6 heteroatoms. The Morgan fingerprint density at radius 3 is 2.86 bits per heavy atom. The molecule has 1 fully saturated rings. The number of carbonyl (C=O) groups excluding carboxylic acids is 1. The number of nitrogens with one attached hydrogen (secondary N) is 2. The Balaban J connectivity index is 1.98. The molecule has 1 aromatic rings. The fraction of sp³-hybridized carbons (Fsp3) is 0.533. The van der Waals surface area contributed by atoms with E-state index in [2.05, 4.69) is 10.6 Å². The molecule has 0 aliphatic carbocycles. The summed E-state index contributed by atoms with van der Waals surface area (Å²) in [5.41, 5.74) is 0.510. The van der Waals surface area contributed by atoms with Crippen molar-refractivity contribution in [1.82, 2.24) is 10.6 Å². The molecule has 1 aliphatic heterocycles. The van der Waals surface area contributed by atoms with Crippen molar-refractivity contribution in [3.05, 3.63) is 23.8 Å². The number of β-amino-alcohol motifs (C(OH)–C–C–N with tert-alkyl or cyclic N) is 1. The fourth-order valence-electron chi connectivity index (χ4n) is 2.34. The van der Waals surface area contributed by atoms with Crippen LogP contribution in [0.2, 0.25) is 0 Å². The van der Waals surface area contributed by atoms with E-state index in [1.54, 1.807) is 25.3 Å². The molecule has 1 aliphatic rings. The monoisotopic (exact) mass is 294 g/mol. The molecule has 0 saturated carbocycles. The molecule has 0 bridgehead atoms. The smallest absolute Gasteiger partial charge is 0.251 e. The van der Waals surface area contributed by atoms with Crippen LogP contribution in [0.25, 0.3) is 0 Å². The summed E-state index contributed by atoms with van der Waals surface area (Å²) in [6.45, 7) is 4.17. The Morgan fingerprint density at radius 2 is 2.24 bits per heavy atom. The molecule has 2 unspecified atom stereocenters. The lowest BCUT2D eigenvalue weighted by molar-refractivity contribution is 0.0926. The molecule has 0 spiro atoms. The molecule has 1 amide bonds. The maximum Gasteiger partial charge on any atom is 0.251 e. The van der Waals surface area contributed by atoms with E-state index in [9.17, 15) is 9.90 Å². The van der Waals surface area contributed by atoms with Crippen LogP contribution in [0.15, 0.2) is 18.2 Å². The van der Waals surface area contributed by atoms with Gasteiger partial charge >= 0.3 is 0 Å². The number of ether oxygens (including phenoxy) is 2. The molecular weight excluding hydrogens is 272 g/mol. The van der Waals surface area contributed by atoms with Gasteiger partial charge < -0.3 is 25.2 Å². The number of aliphatic hydroxyl groups is 1. The van der Waals surface area contributed by atoms with Crippen LogP contribution in [0.5, 0.6) is 11.5 Å². The Kier molecular flexibility index (Phi) is 5.41. The molecule has 0 radical (unpaired) electrons. The Bertz CT molecular complexity index is 493. The van der Waals surface area contributed by atoms with Crippen LogP contribution in [0.4, 0.5) is 0 Å². The molecule has 3 N–H and O–H groups in total. The molecule has 1 saturated heterocycles. The first-order chi connectivity index (χ1) is 10.2. The number of hydrogen-bond acceptors (Lipinski definition) is 5. The van der Waals surface area contributed by atoms with Crippen LogP contribution in [0, 0.1) is 5.92 Å². The Labute approximate surface area is 124 Å². The number of hydrogen-bond donors (Lipinski definition) is 3. The first kappa shape index (κ1) is 15.6. The topological polar surface area (TPSA) is 79.8 Å². The van der Waals surface area contributed by atoms with E-state index in [4.69, 9.17) is 9.47 Å². The highest BCUT2D eigenvalue weighted by atomic mass is 16.5. The summed E-state index contributed by atoms with van der Waals surface area (Å²) in [4.78, 5) is 12.1. The molecule has 0 aromatic heterocycles. The maximum atomic E-state index is 12.1. The number of amides is 1. The van der Waals surface area contributed by atoms with Crippen LogP contribution < -0.4 is 20.1 Å². The van der Waals surface area contributed by atoms with Gasteiger partial charge in [0.05, 0.1) is 19.8 Å². The van der Waals surface area contributed by atoms with Gasteiger partial charge in [-0.15, -0.1) is 0 Å². The fourth-order valence-corrected chi connectivity index (χ4v) is 2.34. The van der Waals surface area contributed by atoms with E-state index >= 15 is 0 Å². The number of aliphatic hydroxyl groups excluding tert-OH is 1. The van der Waals surface area contributed by atoms with Crippen molar-refractivity contribution in [2.45, 2.75) is 13.0 Å². The molecule has 6 nitrogen and oxygen atoms in total. The van der Waals surface area contributed by atoms with Crippen LogP contribution in [0.1, 0.15) is 17.3 Å². The molecular formula is C15H22N2O4. The summed E-state index contributed by atoms with van der Waals surface area (Å²) < 4.78 is 10.6. The van der Waals surface area contributed by atoms with Crippen LogP contribution in [-0.4, -0.2) is 50.5 Å². The molecule has 2 atom stereocenters. The minimum atomic E-state index is -0.403. The van der Waals surface area contributed by atoms with E-state index in [-0.39, 0.29) is 11.8 Å².